The number of alkyl halides is 1. The number of rotatable bonds is 6. The summed E-state index contributed by atoms with van der Waals surface area (Å²) in [6.07, 6.45) is 0.910. The van der Waals surface area contributed by atoms with Gasteiger partial charge in [0.2, 0.25) is 15.0 Å². The van der Waals surface area contributed by atoms with Crippen LogP contribution in [0.25, 0.3) is 0 Å². The number of halogens is 1. The first-order chi connectivity index (χ1) is 16.9. The Morgan fingerprint density at radius 1 is 1.19 bits per heavy atom. The van der Waals surface area contributed by atoms with E-state index < -0.39 is 57.1 Å². The summed E-state index contributed by atoms with van der Waals surface area (Å²) in [7, 11) is -4.73. The minimum Gasteiger partial charge on any atom is -0.444 e. The number of carbonyl (C=O) groups is 1. The predicted molar refractivity (Wildman–Crippen MR) is 141 cm³/mol. The predicted octanol–water partition coefficient (Wildman–Crippen LogP) is 3.68. The van der Waals surface area contributed by atoms with Crippen molar-refractivity contribution in [1.29, 1.82) is 0 Å². The molecule has 206 valence electrons. The SMILES string of the molecule is CC(C)(C)OC(=O)N1CCC[C@H](NS(=O)(=O)C2(F)CC2)[C@@H]1Cc1cccc(B2OC(C)(C)C(C)(C)O2)c1. The van der Waals surface area contributed by atoms with Crippen LogP contribution in [0.2, 0.25) is 0 Å². The smallest absolute Gasteiger partial charge is 0.444 e. The Morgan fingerprint density at radius 2 is 1.81 bits per heavy atom. The molecule has 1 N–H and O–H groups in total. The largest absolute Gasteiger partial charge is 0.494 e. The fourth-order valence-corrected chi connectivity index (χ4v) is 6.28. The maximum absolute atomic E-state index is 14.6. The highest BCUT2D eigenvalue weighted by Gasteiger charge is 2.57. The summed E-state index contributed by atoms with van der Waals surface area (Å²) in [5.41, 5.74) is 0.0479. The van der Waals surface area contributed by atoms with Crippen LogP contribution in [0.1, 0.15) is 79.7 Å². The molecule has 37 heavy (non-hydrogen) atoms. The third-order valence-electron chi connectivity index (χ3n) is 7.76. The highest BCUT2D eigenvalue weighted by atomic mass is 32.2. The van der Waals surface area contributed by atoms with Gasteiger partial charge in [-0.1, -0.05) is 24.3 Å². The minimum atomic E-state index is -4.18. The molecule has 1 aromatic carbocycles. The van der Waals surface area contributed by atoms with Crippen molar-refractivity contribution in [3.05, 3.63) is 29.8 Å². The lowest BCUT2D eigenvalue weighted by atomic mass is 9.77. The van der Waals surface area contributed by atoms with E-state index in [0.717, 1.165) is 11.0 Å². The maximum atomic E-state index is 14.6. The van der Waals surface area contributed by atoms with E-state index in [4.69, 9.17) is 14.0 Å². The van der Waals surface area contributed by atoms with Gasteiger partial charge < -0.3 is 18.9 Å². The summed E-state index contributed by atoms with van der Waals surface area (Å²) in [5.74, 6) is 0. The highest BCUT2D eigenvalue weighted by Crippen LogP contribution is 2.45. The van der Waals surface area contributed by atoms with Crippen molar-refractivity contribution >= 4 is 28.7 Å². The van der Waals surface area contributed by atoms with Crippen molar-refractivity contribution in [2.24, 2.45) is 0 Å². The van der Waals surface area contributed by atoms with E-state index in [-0.39, 0.29) is 12.8 Å². The molecule has 1 aliphatic carbocycles. The van der Waals surface area contributed by atoms with E-state index in [1.807, 2.05) is 52.0 Å². The molecule has 11 heteroatoms. The molecule has 0 radical (unpaired) electrons. The van der Waals surface area contributed by atoms with Crippen molar-refractivity contribution in [1.82, 2.24) is 9.62 Å². The van der Waals surface area contributed by atoms with Crippen molar-refractivity contribution in [2.45, 2.75) is 114 Å². The number of amides is 1. The Balaban J connectivity index is 1.61. The van der Waals surface area contributed by atoms with Crippen molar-refractivity contribution in [3.8, 4) is 0 Å². The van der Waals surface area contributed by atoms with Crippen LogP contribution in [0.5, 0.6) is 0 Å². The van der Waals surface area contributed by atoms with E-state index in [9.17, 15) is 17.6 Å². The van der Waals surface area contributed by atoms with Crippen LogP contribution in [0.3, 0.4) is 0 Å². The van der Waals surface area contributed by atoms with Gasteiger partial charge in [-0.15, -0.1) is 0 Å². The van der Waals surface area contributed by atoms with Gasteiger partial charge in [0.25, 0.3) is 0 Å². The van der Waals surface area contributed by atoms with Crippen LogP contribution >= 0.6 is 0 Å². The number of ether oxygens (including phenoxy) is 1. The lowest BCUT2D eigenvalue weighted by Gasteiger charge is -2.42. The first-order valence-corrected chi connectivity index (χ1v) is 14.6. The van der Waals surface area contributed by atoms with Crippen LogP contribution in [-0.4, -0.2) is 67.0 Å². The first-order valence-electron chi connectivity index (χ1n) is 13.1. The van der Waals surface area contributed by atoms with Crippen LogP contribution < -0.4 is 10.2 Å². The van der Waals surface area contributed by atoms with Gasteiger partial charge in [-0.05, 0) is 78.8 Å². The summed E-state index contributed by atoms with van der Waals surface area (Å²) in [6.45, 7) is 13.8. The van der Waals surface area contributed by atoms with E-state index in [2.05, 4.69) is 4.72 Å². The lowest BCUT2D eigenvalue weighted by molar-refractivity contribution is 0.00578. The van der Waals surface area contributed by atoms with E-state index >= 15 is 0 Å². The van der Waals surface area contributed by atoms with E-state index in [0.29, 0.717) is 25.8 Å². The number of hydrogen-bond donors (Lipinski definition) is 1. The van der Waals surface area contributed by atoms with Crippen molar-refractivity contribution < 1.29 is 31.6 Å². The van der Waals surface area contributed by atoms with Gasteiger partial charge in [-0.3, -0.25) is 0 Å². The van der Waals surface area contributed by atoms with Crippen molar-refractivity contribution in [3.63, 3.8) is 0 Å². The average Bonchev–Trinajstić information content (AvgIpc) is 3.47. The number of nitrogens with zero attached hydrogens (tertiary/aromatic N) is 1. The minimum absolute atomic E-state index is 0.00830. The molecule has 2 atom stereocenters. The first kappa shape index (κ1) is 28.3. The molecule has 4 rings (SSSR count). The van der Waals surface area contributed by atoms with Gasteiger partial charge in [0.1, 0.15) is 5.60 Å². The molecule has 2 heterocycles. The van der Waals surface area contributed by atoms with Gasteiger partial charge in [0.05, 0.1) is 17.2 Å². The number of benzene rings is 1. The number of nitrogens with one attached hydrogen (secondary N) is 1. The molecule has 1 aromatic rings. The molecule has 3 fully saturated rings. The Morgan fingerprint density at radius 3 is 2.38 bits per heavy atom. The number of carbonyl (C=O) groups excluding carboxylic acids is 1. The summed E-state index contributed by atoms with van der Waals surface area (Å²) < 4.78 is 60.9. The monoisotopic (exact) mass is 538 g/mol. The lowest BCUT2D eigenvalue weighted by Crippen LogP contribution is -2.59. The van der Waals surface area contributed by atoms with Crippen LogP contribution in [-0.2, 0) is 30.5 Å². The van der Waals surface area contributed by atoms with Crippen LogP contribution in [0, 0.1) is 0 Å². The molecule has 8 nitrogen and oxygen atoms in total. The Kier molecular flexibility index (Phi) is 7.27. The molecule has 0 spiro atoms. The molecule has 0 aromatic heterocycles. The Bertz CT molecular complexity index is 1120. The number of piperidine rings is 1. The molecular weight excluding hydrogens is 498 g/mol. The zero-order valence-electron chi connectivity index (χ0n) is 23.0. The molecule has 2 saturated heterocycles. The van der Waals surface area contributed by atoms with E-state index in [1.54, 1.807) is 25.7 Å². The molecular formula is C26H40BFN2O6S. The normalized spacial score (nSPS) is 26.7. The number of sulfonamides is 1. The Labute approximate surface area is 220 Å². The summed E-state index contributed by atoms with van der Waals surface area (Å²) in [5, 5.41) is -2.22. The number of likely N-dealkylation sites (tertiary alicyclic amines) is 1. The molecule has 2 aliphatic heterocycles. The zero-order chi connectivity index (χ0) is 27.4. The van der Waals surface area contributed by atoms with E-state index in [1.165, 1.54) is 0 Å². The molecule has 0 unspecified atom stereocenters. The van der Waals surface area contributed by atoms with Gasteiger partial charge in [-0.2, -0.15) is 0 Å². The second kappa shape index (κ2) is 9.50. The quantitative estimate of drug-likeness (QED) is 0.556. The topological polar surface area (TPSA) is 94.2 Å². The summed E-state index contributed by atoms with van der Waals surface area (Å²) in [6, 6.07) is 6.54. The fraction of sp³-hybridized carbons (Fsp3) is 0.731. The third-order valence-corrected chi connectivity index (χ3v) is 9.74. The summed E-state index contributed by atoms with van der Waals surface area (Å²) in [4.78, 5) is 14.8. The van der Waals surface area contributed by atoms with Gasteiger partial charge in [-0.25, -0.2) is 22.3 Å². The molecule has 1 saturated carbocycles. The van der Waals surface area contributed by atoms with Gasteiger partial charge in [0.15, 0.2) is 0 Å². The third kappa shape index (κ3) is 5.99. The van der Waals surface area contributed by atoms with Crippen LogP contribution in [0.4, 0.5) is 9.18 Å². The molecule has 0 bridgehead atoms. The Hall–Kier alpha value is -1.69. The molecule has 3 aliphatic rings. The second-order valence-electron chi connectivity index (χ2n) is 12.5. The average molecular weight is 538 g/mol. The fourth-order valence-electron chi connectivity index (χ4n) is 4.75. The highest BCUT2D eigenvalue weighted by molar-refractivity contribution is 7.91. The summed E-state index contributed by atoms with van der Waals surface area (Å²) >= 11 is 0. The molecule has 1 amide bonds. The standard InChI is InChI=1S/C26H40BFN2O6S/c1-23(2,3)34-22(31)30-15-9-12-20(29-37(32,33)26(28)13-14-26)21(30)17-18-10-8-11-19(16-18)27-35-24(4,5)25(6,7)36-27/h8,10-11,16,20-21,29H,9,12-15,17H2,1-7H3/t20-,21-/m0/s1. The zero-order valence-corrected chi connectivity index (χ0v) is 23.8. The van der Waals surface area contributed by atoms with Crippen molar-refractivity contribution in [2.75, 3.05) is 6.54 Å². The maximum Gasteiger partial charge on any atom is 0.494 e. The van der Waals surface area contributed by atoms with Crippen LogP contribution in [0.15, 0.2) is 24.3 Å². The number of hydrogen-bond acceptors (Lipinski definition) is 6. The van der Waals surface area contributed by atoms with Gasteiger partial charge >= 0.3 is 13.2 Å². The van der Waals surface area contributed by atoms with Gasteiger partial charge in [0, 0.05) is 25.4 Å². The second-order valence-corrected chi connectivity index (χ2v) is 14.5.